The molecule has 2 aromatic rings. The van der Waals surface area contributed by atoms with Gasteiger partial charge in [0.1, 0.15) is 11.9 Å². The molecule has 16 heavy (non-hydrogen) atoms. The van der Waals surface area contributed by atoms with Gasteiger partial charge >= 0.3 is 0 Å². The van der Waals surface area contributed by atoms with Crippen LogP contribution in [0.4, 0.5) is 4.39 Å². The SMILES string of the molecule is OC(CNn1cccc1)c1ccccc1F. The average molecular weight is 220 g/mol. The van der Waals surface area contributed by atoms with Crippen molar-refractivity contribution in [3.05, 3.63) is 60.2 Å². The van der Waals surface area contributed by atoms with Crippen LogP contribution in [0.2, 0.25) is 0 Å². The van der Waals surface area contributed by atoms with Gasteiger partial charge in [-0.25, -0.2) is 4.39 Å². The van der Waals surface area contributed by atoms with E-state index in [0.29, 0.717) is 5.56 Å². The minimum Gasteiger partial charge on any atom is -0.386 e. The van der Waals surface area contributed by atoms with Gasteiger partial charge < -0.3 is 10.5 Å². The van der Waals surface area contributed by atoms with Gasteiger partial charge in [-0.15, -0.1) is 0 Å². The molecule has 0 aliphatic rings. The lowest BCUT2D eigenvalue weighted by Crippen LogP contribution is -2.20. The van der Waals surface area contributed by atoms with E-state index in [0.717, 1.165) is 0 Å². The highest BCUT2D eigenvalue weighted by atomic mass is 19.1. The van der Waals surface area contributed by atoms with Crippen LogP contribution in [0.3, 0.4) is 0 Å². The molecule has 4 heteroatoms. The zero-order valence-corrected chi connectivity index (χ0v) is 8.68. The van der Waals surface area contributed by atoms with Crippen LogP contribution >= 0.6 is 0 Å². The van der Waals surface area contributed by atoms with E-state index in [1.54, 1.807) is 22.9 Å². The molecule has 0 aliphatic heterocycles. The third-order valence-electron chi connectivity index (χ3n) is 2.34. The van der Waals surface area contributed by atoms with Gasteiger partial charge in [0.15, 0.2) is 0 Å². The lowest BCUT2D eigenvalue weighted by atomic mass is 10.1. The molecule has 2 N–H and O–H groups in total. The van der Waals surface area contributed by atoms with Crippen molar-refractivity contribution >= 4 is 0 Å². The molecular formula is C12H13FN2O. The smallest absolute Gasteiger partial charge is 0.129 e. The maximum absolute atomic E-state index is 13.3. The van der Waals surface area contributed by atoms with Crippen LogP contribution in [-0.4, -0.2) is 16.3 Å². The molecule has 1 aromatic heterocycles. The second kappa shape index (κ2) is 4.81. The summed E-state index contributed by atoms with van der Waals surface area (Å²) in [5, 5.41) is 9.78. The fourth-order valence-electron chi connectivity index (χ4n) is 1.49. The van der Waals surface area contributed by atoms with Gasteiger partial charge in [0.2, 0.25) is 0 Å². The Bertz CT molecular complexity index is 442. The number of aliphatic hydroxyl groups is 1. The van der Waals surface area contributed by atoms with E-state index in [1.165, 1.54) is 6.07 Å². The maximum atomic E-state index is 13.3. The molecule has 0 bridgehead atoms. The van der Waals surface area contributed by atoms with Crippen molar-refractivity contribution in [2.45, 2.75) is 6.10 Å². The number of rotatable bonds is 4. The van der Waals surface area contributed by atoms with Crippen molar-refractivity contribution in [1.29, 1.82) is 0 Å². The van der Waals surface area contributed by atoms with Crippen LogP contribution in [0.25, 0.3) is 0 Å². The minimum atomic E-state index is -0.858. The Morgan fingerprint density at radius 3 is 2.56 bits per heavy atom. The summed E-state index contributed by atoms with van der Waals surface area (Å²) in [5.74, 6) is -0.385. The standard InChI is InChI=1S/C12H13FN2O/c13-11-6-2-1-5-10(11)12(16)9-14-15-7-3-4-8-15/h1-8,12,14,16H,9H2. The van der Waals surface area contributed by atoms with Crippen molar-refractivity contribution in [2.75, 3.05) is 12.0 Å². The number of aliphatic hydroxyl groups excluding tert-OH is 1. The summed E-state index contributed by atoms with van der Waals surface area (Å²) in [6, 6.07) is 9.96. The van der Waals surface area contributed by atoms with Crippen LogP contribution in [0.5, 0.6) is 0 Å². The average Bonchev–Trinajstić information content (AvgIpc) is 2.79. The van der Waals surface area contributed by atoms with Crippen LogP contribution in [0.1, 0.15) is 11.7 Å². The molecule has 1 aromatic carbocycles. The fraction of sp³-hybridized carbons (Fsp3) is 0.167. The van der Waals surface area contributed by atoms with Gasteiger partial charge in [-0.3, -0.25) is 4.68 Å². The van der Waals surface area contributed by atoms with E-state index in [9.17, 15) is 9.50 Å². The highest BCUT2D eigenvalue weighted by Gasteiger charge is 2.11. The van der Waals surface area contributed by atoms with Crippen molar-refractivity contribution < 1.29 is 9.50 Å². The van der Waals surface area contributed by atoms with Crippen LogP contribution < -0.4 is 5.43 Å². The number of aromatic nitrogens is 1. The van der Waals surface area contributed by atoms with E-state index in [-0.39, 0.29) is 12.4 Å². The summed E-state index contributed by atoms with van der Waals surface area (Å²) >= 11 is 0. The predicted octanol–water partition coefficient (Wildman–Crippen LogP) is 1.90. The molecule has 2 rings (SSSR count). The fourth-order valence-corrected chi connectivity index (χ4v) is 1.49. The Hall–Kier alpha value is -1.81. The zero-order chi connectivity index (χ0) is 11.4. The Labute approximate surface area is 93.1 Å². The number of benzene rings is 1. The maximum Gasteiger partial charge on any atom is 0.129 e. The molecule has 0 radical (unpaired) electrons. The second-order valence-corrected chi connectivity index (χ2v) is 3.49. The molecule has 3 nitrogen and oxygen atoms in total. The van der Waals surface area contributed by atoms with Gasteiger partial charge in [-0.05, 0) is 18.2 Å². The summed E-state index contributed by atoms with van der Waals surface area (Å²) in [7, 11) is 0. The topological polar surface area (TPSA) is 37.2 Å². The number of halogens is 1. The van der Waals surface area contributed by atoms with Crippen molar-refractivity contribution in [2.24, 2.45) is 0 Å². The van der Waals surface area contributed by atoms with Gasteiger partial charge in [-0.2, -0.15) is 0 Å². The molecule has 0 aliphatic carbocycles. The van der Waals surface area contributed by atoms with E-state index in [4.69, 9.17) is 0 Å². The Morgan fingerprint density at radius 2 is 1.88 bits per heavy atom. The molecular weight excluding hydrogens is 207 g/mol. The first-order valence-corrected chi connectivity index (χ1v) is 5.07. The van der Waals surface area contributed by atoms with E-state index in [2.05, 4.69) is 5.43 Å². The molecule has 0 fully saturated rings. The number of nitrogens with one attached hydrogen (secondary N) is 1. The first-order chi connectivity index (χ1) is 7.77. The van der Waals surface area contributed by atoms with Crippen molar-refractivity contribution in [3.8, 4) is 0 Å². The first kappa shape index (κ1) is 10.7. The van der Waals surface area contributed by atoms with Gasteiger partial charge in [0.25, 0.3) is 0 Å². The van der Waals surface area contributed by atoms with Crippen LogP contribution in [0.15, 0.2) is 48.8 Å². The highest BCUT2D eigenvalue weighted by Crippen LogP contribution is 2.15. The quantitative estimate of drug-likeness (QED) is 0.825. The molecule has 0 amide bonds. The first-order valence-electron chi connectivity index (χ1n) is 5.07. The Morgan fingerprint density at radius 1 is 1.19 bits per heavy atom. The van der Waals surface area contributed by atoms with Gasteiger partial charge in [0.05, 0.1) is 6.54 Å². The predicted molar refractivity (Wildman–Crippen MR) is 60.0 cm³/mol. The van der Waals surface area contributed by atoms with Gasteiger partial charge in [0, 0.05) is 18.0 Å². The van der Waals surface area contributed by atoms with E-state index >= 15 is 0 Å². The lowest BCUT2D eigenvalue weighted by Gasteiger charge is -2.14. The third-order valence-corrected chi connectivity index (χ3v) is 2.34. The zero-order valence-electron chi connectivity index (χ0n) is 8.68. The molecule has 0 spiro atoms. The monoisotopic (exact) mass is 220 g/mol. The molecule has 1 heterocycles. The normalized spacial score (nSPS) is 12.4. The minimum absolute atomic E-state index is 0.260. The molecule has 0 saturated heterocycles. The highest BCUT2D eigenvalue weighted by molar-refractivity contribution is 5.20. The van der Waals surface area contributed by atoms with Crippen LogP contribution in [0, 0.1) is 5.82 Å². The van der Waals surface area contributed by atoms with E-state index < -0.39 is 6.10 Å². The summed E-state index contributed by atoms with van der Waals surface area (Å²) in [4.78, 5) is 0. The van der Waals surface area contributed by atoms with Gasteiger partial charge in [-0.1, -0.05) is 18.2 Å². The summed E-state index contributed by atoms with van der Waals surface area (Å²) in [5.41, 5.74) is 3.26. The molecule has 1 atom stereocenters. The molecule has 1 unspecified atom stereocenters. The Balaban J connectivity index is 1.98. The number of nitrogens with zero attached hydrogens (tertiary/aromatic N) is 1. The molecule has 0 saturated carbocycles. The summed E-state index contributed by atoms with van der Waals surface area (Å²) < 4.78 is 15.0. The molecule has 84 valence electrons. The van der Waals surface area contributed by atoms with Crippen molar-refractivity contribution in [3.63, 3.8) is 0 Å². The summed E-state index contributed by atoms with van der Waals surface area (Å²) in [6.07, 6.45) is 2.77. The number of hydrogen-bond acceptors (Lipinski definition) is 2. The second-order valence-electron chi connectivity index (χ2n) is 3.49. The van der Waals surface area contributed by atoms with E-state index in [1.807, 2.05) is 24.5 Å². The largest absolute Gasteiger partial charge is 0.386 e. The van der Waals surface area contributed by atoms with Crippen LogP contribution in [-0.2, 0) is 0 Å². The Kier molecular flexibility index (Phi) is 3.22. The third kappa shape index (κ3) is 2.41. The van der Waals surface area contributed by atoms with Crippen molar-refractivity contribution in [1.82, 2.24) is 4.68 Å². The number of hydrogen-bond donors (Lipinski definition) is 2. The summed E-state index contributed by atoms with van der Waals surface area (Å²) in [6.45, 7) is 0.260. The lowest BCUT2D eigenvalue weighted by molar-refractivity contribution is 0.183.